The van der Waals surface area contributed by atoms with Crippen molar-refractivity contribution in [1.82, 2.24) is 0 Å². The van der Waals surface area contributed by atoms with Gasteiger partial charge in [0.05, 0.1) is 12.2 Å². The van der Waals surface area contributed by atoms with Crippen LogP contribution >= 0.6 is 0 Å². The summed E-state index contributed by atoms with van der Waals surface area (Å²) in [4.78, 5) is 11.6. The van der Waals surface area contributed by atoms with E-state index in [1.165, 1.54) is 44.9 Å². The van der Waals surface area contributed by atoms with Crippen LogP contribution in [0.15, 0.2) is 18.2 Å². The lowest BCUT2D eigenvalue weighted by Crippen LogP contribution is -2.03. The van der Waals surface area contributed by atoms with Crippen molar-refractivity contribution in [3.05, 3.63) is 29.3 Å². The molecular weight excluding hydrogens is 260 g/mol. The lowest BCUT2D eigenvalue weighted by atomic mass is 10.1. The molecule has 0 fully saturated rings. The molecule has 0 N–H and O–H groups in total. The van der Waals surface area contributed by atoms with Crippen LogP contribution in [0.1, 0.15) is 81.1 Å². The summed E-state index contributed by atoms with van der Waals surface area (Å²) in [5.74, 6) is 0.811. The standard InChI is InChI=1S/C19H30O2/c1-4-5-6-7-8-9-10-11-14-21-19-15-16(2)12-13-18(19)17(3)20/h12-13,15H,4-11,14H2,1-3H3. The van der Waals surface area contributed by atoms with E-state index in [0.29, 0.717) is 12.2 Å². The van der Waals surface area contributed by atoms with Gasteiger partial charge in [0.2, 0.25) is 0 Å². The largest absolute Gasteiger partial charge is 0.493 e. The number of hydrogen-bond acceptors (Lipinski definition) is 2. The van der Waals surface area contributed by atoms with Gasteiger partial charge in [0.25, 0.3) is 0 Å². The Bertz CT molecular complexity index is 424. The van der Waals surface area contributed by atoms with E-state index < -0.39 is 0 Å². The quantitative estimate of drug-likeness (QED) is 0.385. The molecular formula is C19H30O2. The third-order valence-electron chi connectivity index (χ3n) is 3.77. The maximum absolute atomic E-state index is 11.6. The maximum atomic E-state index is 11.6. The number of rotatable bonds is 11. The fraction of sp³-hybridized carbons (Fsp3) is 0.632. The van der Waals surface area contributed by atoms with Crippen LogP contribution in [-0.4, -0.2) is 12.4 Å². The number of ether oxygens (including phenoxy) is 1. The van der Waals surface area contributed by atoms with Crippen LogP contribution in [0.2, 0.25) is 0 Å². The summed E-state index contributed by atoms with van der Waals surface area (Å²) in [7, 11) is 0. The topological polar surface area (TPSA) is 26.3 Å². The van der Waals surface area contributed by atoms with E-state index >= 15 is 0 Å². The van der Waals surface area contributed by atoms with E-state index in [-0.39, 0.29) is 5.78 Å². The number of carbonyl (C=O) groups is 1. The van der Waals surface area contributed by atoms with E-state index in [9.17, 15) is 4.79 Å². The molecule has 0 saturated heterocycles. The van der Waals surface area contributed by atoms with Crippen LogP contribution in [0, 0.1) is 6.92 Å². The number of hydrogen-bond donors (Lipinski definition) is 0. The van der Waals surface area contributed by atoms with Crippen molar-refractivity contribution in [2.75, 3.05) is 6.61 Å². The summed E-state index contributed by atoms with van der Waals surface area (Å²) in [6.45, 7) is 6.57. The van der Waals surface area contributed by atoms with Gasteiger partial charge in [-0.1, -0.05) is 57.9 Å². The molecule has 1 rings (SSSR count). The smallest absolute Gasteiger partial charge is 0.163 e. The molecule has 1 aromatic carbocycles. The monoisotopic (exact) mass is 290 g/mol. The summed E-state index contributed by atoms with van der Waals surface area (Å²) in [6, 6.07) is 5.78. The molecule has 0 unspecified atom stereocenters. The molecule has 0 atom stereocenters. The van der Waals surface area contributed by atoms with Gasteiger partial charge in [-0.15, -0.1) is 0 Å². The molecule has 0 aliphatic carbocycles. The third-order valence-corrected chi connectivity index (χ3v) is 3.77. The lowest BCUT2D eigenvalue weighted by molar-refractivity contribution is 0.101. The average molecular weight is 290 g/mol. The van der Waals surface area contributed by atoms with Crippen molar-refractivity contribution >= 4 is 5.78 Å². The Kier molecular flexibility index (Phi) is 8.80. The van der Waals surface area contributed by atoms with E-state index in [1.54, 1.807) is 6.92 Å². The van der Waals surface area contributed by atoms with E-state index in [4.69, 9.17) is 4.74 Å². The predicted octanol–water partition coefficient (Wildman–Crippen LogP) is 5.72. The highest BCUT2D eigenvalue weighted by Crippen LogP contribution is 2.21. The number of Topliss-reactive ketones (excluding diaryl/α,β-unsaturated/α-hetero) is 1. The van der Waals surface area contributed by atoms with Gasteiger partial charge in [-0.05, 0) is 38.0 Å². The lowest BCUT2D eigenvalue weighted by Gasteiger charge is -2.10. The molecule has 2 nitrogen and oxygen atoms in total. The molecule has 0 amide bonds. The number of unbranched alkanes of at least 4 members (excludes halogenated alkanes) is 7. The van der Waals surface area contributed by atoms with Gasteiger partial charge < -0.3 is 4.74 Å². The molecule has 0 aliphatic rings. The number of carbonyl (C=O) groups excluding carboxylic acids is 1. The highest BCUT2D eigenvalue weighted by molar-refractivity contribution is 5.96. The van der Waals surface area contributed by atoms with Gasteiger partial charge in [0.1, 0.15) is 5.75 Å². The first-order valence-electron chi connectivity index (χ1n) is 8.39. The van der Waals surface area contributed by atoms with Gasteiger partial charge >= 0.3 is 0 Å². The first kappa shape index (κ1) is 17.7. The fourth-order valence-corrected chi connectivity index (χ4v) is 2.46. The predicted molar refractivity (Wildman–Crippen MR) is 89.3 cm³/mol. The van der Waals surface area contributed by atoms with Gasteiger partial charge in [-0.3, -0.25) is 4.79 Å². The first-order chi connectivity index (χ1) is 10.1. The molecule has 0 radical (unpaired) electrons. The number of ketones is 1. The van der Waals surface area contributed by atoms with Crippen molar-refractivity contribution < 1.29 is 9.53 Å². The van der Waals surface area contributed by atoms with Crippen molar-refractivity contribution in [3.8, 4) is 5.75 Å². The van der Waals surface area contributed by atoms with Crippen molar-refractivity contribution in [3.63, 3.8) is 0 Å². The zero-order valence-electron chi connectivity index (χ0n) is 13.9. The Balaban J connectivity index is 2.21. The Morgan fingerprint density at radius 2 is 1.62 bits per heavy atom. The molecule has 21 heavy (non-hydrogen) atoms. The molecule has 0 bridgehead atoms. The maximum Gasteiger partial charge on any atom is 0.163 e. The van der Waals surface area contributed by atoms with Gasteiger partial charge in [0, 0.05) is 0 Å². The Labute approximate surface area is 129 Å². The third kappa shape index (κ3) is 7.31. The molecule has 0 spiro atoms. The summed E-state index contributed by atoms with van der Waals surface area (Å²) >= 11 is 0. The Morgan fingerprint density at radius 1 is 1.00 bits per heavy atom. The normalized spacial score (nSPS) is 10.6. The van der Waals surface area contributed by atoms with Crippen LogP contribution < -0.4 is 4.74 Å². The van der Waals surface area contributed by atoms with Gasteiger partial charge in [-0.2, -0.15) is 0 Å². The van der Waals surface area contributed by atoms with Crippen molar-refractivity contribution in [2.45, 2.75) is 72.1 Å². The van der Waals surface area contributed by atoms with Gasteiger partial charge in [0.15, 0.2) is 5.78 Å². The van der Waals surface area contributed by atoms with E-state index in [2.05, 4.69) is 6.92 Å². The minimum absolute atomic E-state index is 0.0703. The summed E-state index contributed by atoms with van der Waals surface area (Å²) in [5.41, 5.74) is 1.83. The second-order valence-corrected chi connectivity index (χ2v) is 5.88. The molecule has 0 heterocycles. The van der Waals surface area contributed by atoms with E-state index in [1.807, 2.05) is 25.1 Å². The zero-order chi connectivity index (χ0) is 15.5. The van der Waals surface area contributed by atoms with Crippen molar-refractivity contribution in [2.24, 2.45) is 0 Å². The fourth-order valence-electron chi connectivity index (χ4n) is 2.46. The van der Waals surface area contributed by atoms with Crippen LogP contribution in [0.4, 0.5) is 0 Å². The number of benzene rings is 1. The summed E-state index contributed by atoms with van der Waals surface area (Å²) in [6.07, 6.45) is 10.3. The van der Waals surface area contributed by atoms with Crippen LogP contribution in [0.5, 0.6) is 5.75 Å². The minimum Gasteiger partial charge on any atom is -0.493 e. The van der Waals surface area contributed by atoms with Crippen LogP contribution in [0.25, 0.3) is 0 Å². The molecule has 2 heteroatoms. The zero-order valence-corrected chi connectivity index (χ0v) is 13.9. The molecule has 118 valence electrons. The molecule has 0 aromatic heterocycles. The second kappa shape index (κ2) is 10.4. The molecule has 0 aliphatic heterocycles. The highest BCUT2D eigenvalue weighted by Gasteiger charge is 2.08. The Hall–Kier alpha value is -1.31. The highest BCUT2D eigenvalue weighted by atomic mass is 16.5. The molecule has 1 aromatic rings. The average Bonchev–Trinajstić information content (AvgIpc) is 2.45. The Morgan fingerprint density at radius 3 is 2.24 bits per heavy atom. The molecule has 0 saturated carbocycles. The number of aryl methyl sites for hydroxylation is 1. The van der Waals surface area contributed by atoms with Crippen LogP contribution in [0.3, 0.4) is 0 Å². The SMILES string of the molecule is CCCCCCCCCCOc1cc(C)ccc1C(C)=O. The van der Waals surface area contributed by atoms with E-state index in [0.717, 1.165) is 17.7 Å². The summed E-state index contributed by atoms with van der Waals surface area (Å²) < 4.78 is 5.80. The van der Waals surface area contributed by atoms with Gasteiger partial charge in [-0.25, -0.2) is 0 Å². The first-order valence-corrected chi connectivity index (χ1v) is 8.39. The summed E-state index contributed by atoms with van der Waals surface area (Å²) in [5, 5.41) is 0. The second-order valence-electron chi connectivity index (χ2n) is 5.88. The van der Waals surface area contributed by atoms with Crippen molar-refractivity contribution in [1.29, 1.82) is 0 Å². The minimum atomic E-state index is 0.0703. The van der Waals surface area contributed by atoms with Crippen LogP contribution in [-0.2, 0) is 0 Å².